The summed E-state index contributed by atoms with van der Waals surface area (Å²) < 4.78 is 0. The molecule has 2 unspecified atom stereocenters. The van der Waals surface area contributed by atoms with E-state index in [-0.39, 0.29) is 30.3 Å². The van der Waals surface area contributed by atoms with E-state index in [9.17, 15) is 14.4 Å². The van der Waals surface area contributed by atoms with Crippen LogP contribution in [0.1, 0.15) is 45.7 Å². The molecule has 3 heterocycles. The number of amides is 4. The predicted octanol–water partition coefficient (Wildman–Crippen LogP) is 2.73. The predicted molar refractivity (Wildman–Crippen MR) is 113 cm³/mol. The Balaban J connectivity index is 1.91. The Labute approximate surface area is 176 Å². The van der Waals surface area contributed by atoms with Crippen molar-refractivity contribution in [3.8, 4) is 0 Å². The minimum Gasteiger partial charge on any atom is -0.354 e. The van der Waals surface area contributed by atoms with Gasteiger partial charge in [0, 0.05) is 13.6 Å². The van der Waals surface area contributed by atoms with Crippen LogP contribution in [-0.4, -0.2) is 53.8 Å². The van der Waals surface area contributed by atoms with Crippen LogP contribution in [0.3, 0.4) is 0 Å². The van der Waals surface area contributed by atoms with Crippen LogP contribution in [0.5, 0.6) is 0 Å². The SMILES string of the molecule is CC(C)CNC(=O)C(CC(C)C)N1CC2=C(C1=O)C(c1ccsc1)NC(=O)N2C. The molecule has 0 aromatic carbocycles. The minimum absolute atomic E-state index is 0.130. The minimum atomic E-state index is -0.557. The summed E-state index contributed by atoms with van der Waals surface area (Å²) in [5.74, 6) is 0.276. The molecule has 0 saturated heterocycles. The van der Waals surface area contributed by atoms with Gasteiger partial charge in [-0.25, -0.2) is 4.79 Å². The molecule has 0 aliphatic carbocycles. The summed E-state index contributed by atoms with van der Waals surface area (Å²) in [6.45, 7) is 9.00. The van der Waals surface area contributed by atoms with Crippen LogP contribution in [0.4, 0.5) is 4.79 Å². The van der Waals surface area contributed by atoms with Crippen LogP contribution in [0.25, 0.3) is 0 Å². The van der Waals surface area contributed by atoms with Gasteiger partial charge in [0.15, 0.2) is 0 Å². The fraction of sp³-hybridized carbons (Fsp3) is 0.571. The molecule has 158 valence electrons. The number of thiophene rings is 1. The fourth-order valence-corrected chi connectivity index (χ4v) is 4.46. The zero-order chi connectivity index (χ0) is 21.3. The average Bonchev–Trinajstić information content (AvgIpc) is 3.29. The molecule has 7 nitrogen and oxygen atoms in total. The van der Waals surface area contributed by atoms with Gasteiger partial charge in [0.25, 0.3) is 5.91 Å². The first-order valence-electron chi connectivity index (χ1n) is 10.1. The maximum atomic E-state index is 13.5. The number of likely N-dealkylation sites (N-methyl/N-ethyl adjacent to an activating group) is 1. The Hall–Kier alpha value is -2.35. The van der Waals surface area contributed by atoms with Crippen LogP contribution < -0.4 is 10.6 Å². The lowest BCUT2D eigenvalue weighted by Gasteiger charge is -2.30. The second-order valence-corrected chi connectivity index (χ2v) is 9.36. The van der Waals surface area contributed by atoms with E-state index in [1.165, 1.54) is 16.2 Å². The molecular weight excluding hydrogens is 388 g/mol. The quantitative estimate of drug-likeness (QED) is 0.714. The molecule has 0 fully saturated rings. The number of hydrogen-bond donors (Lipinski definition) is 2. The van der Waals surface area contributed by atoms with Gasteiger partial charge in [-0.05, 0) is 40.6 Å². The highest BCUT2D eigenvalue weighted by atomic mass is 32.1. The lowest BCUT2D eigenvalue weighted by atomic mass is 9.97. The molecule has 29 heavy (non-hydrogen) atoms. The zero-order valence-corrected chi connectivity index (χ0v) is 18.5. The van der Waals surface area contributed by atoms with Gasteiger partial charge in [-0.1, -0.05) is 27.7 Å². The van der Waals surface area contributed by atoms with Crippen molar-refractivity contribution in [1.29, 1.82) is 0 Å². The third kappa shape index (κ3) is 4.32. The third-order valence-electron chi connectivity index (χ3n) is 5.32. The number of hydrogen-bond acceptors (Lipinski definition) is 4. The molecule has 8 heteroatoms. The topological polar surface area (TPSA) is 81.8 Å². The largest absolute Gasteiger partial charge is 0.354 e. The van der Waals surface area contributed by atoms with Crippen molar-refractivity contribution in [2.24, 2.45) is 11.8 Å². The van der Waals surface area contributed by atoms with Gasteiger partial charge in [0.05, 0.1) is 23.9 Å². The Morgan fingerprint density at radius 1 is 1.28 bits per heavy atom. The molecule has 2 atom stereocenters. The van der Waals surface area contributed by atoms with E-state index in [1.807, 2.05) is 44.5 Å². The van der Waals surface area contributed by atoms with Crippen LogP contribution in [0.15, 0.2) is 28.1 Å². The van der Waals surface area contributed by atoms with Gasteiger partial charge in [-0.2, -0.15) is 11.3 Å². The van der Waals surface area contributed by atoms with Crippen molar-refractivity contribution < 1.29 is 14.4 Å². The summed E-state index contributed by atoms with van der Waals surface area (Å²) in [5.41, 5.74) is 2.14. The number of carbonyl (C=O) groups is 3. The van der Waals surface area contributed by atoms with E-state index in [4.69, 9.17) is 0 Å². The highest BCUT2D eigenvalue weighted by Gasteiger charge is 2.46. The molecular formula is C21H30N4O3S. The summed E-state index contributed by atoms with van der Waals surface area (Å²) in [7, 11) is 1.67. The zero-order valence-electron chi connectivity index (χ0n) is 17.7. The number of carbonyl (C=O) groups excluding carboxylic acids is 3. The summed E-state index contributed by atoms with van der Waals surface area (Å²) in [4.78, 5) is 42.1. The van der Waals surface area contributed by atoms with E-state index in [0.717, 1.165) is 5.56 Å². The first-order valence-corrected chi connectivity index (χ1v) is 11.0. The van der Waals surface area contributed by atoms with Crippen LogP contribution in [0, 0.1) is 11.8 Å². The molecule has 2 N–H and O–H groups in total. The van der Waals surface area contributed by atoms with Crippen LogP contribution >= 0.6 is 11.3 Å². The molecule has 3 rings (SSSR count). The lowest BCUT2D eigenvalue weighted by Crippen LogP contribution is -2.49. The van der Waals surface area contributed by atoms with Crippen molar-refractivity contribution in [2.75, 3.05) is 20.1 Å². The number of rotatable bonds is 7. The maximum Gasteiger partial charge on any atom is 0.322 e. The monoisotopic (exact) mass is 418 g/mol. The van der Waals surface area contributed by atoms with E-state index < -0.39 is 12.1 Å². The smallest absolute Gasteiger partial charge is 0.322 e. The molecule has 0 saturated carbocycles. The molecule has 1 aromatic rings. The van der Waals surface area contributed by atoms with Gasteiger partial charge < -0.3 is 15.5 Å². The second kappa shape index (κ2) is 8.57. The van der Waals surface area contributed by atoms with Crippen LogP contribution in [0.2, 0.25) is 0 Å². The van der Waals surface area contributed by atoms with E-state index in [2.05, 4.69) is 10.6 Å². The first-order chi connectivity index (χ1) is 13.7. The highest BCUT2D eigenvalue weighted by Crippen LogP contribution is 2.37. The number of nitrogens with zero attached hydrogens (tertiary/aromatic N) is 2. The van der Waals surface area contributed by atoms with Gasteiger partial charge >= 0.3 is 6.03 Å². The molecule has 4 amide bonds. The van der Waals surface area contributed by atoms with E-state index in [0.29, 0.717) is 30.2 Å². The molecule has 0 radical (unpaired) electrons. The summed E-state index contributed by atoms with van der Waals surface area (Å²) in [6.07, 6.45) is 0.574. The van der Waals surface area contributed by atoms with Crippen molar-refractivity contribution in [2.45, 2.75) is 46.2 Å². The Bertz CT molecular complexity index is 816. The maximum absolute atomic E-state index is 13.5. The number of urea groups is 1. The van der Waals surface area contributed by atoms with E-state index >= 15 is 0 Å². The van der Waals surface area contributed by atoms with Crippen molar-refractivity contribution in [1.82, 2.24) is 20.4 Å². The Morgan fingerprint density at radius 3 is 2.59 bits per heavy atom. The summed E-state index contributed by atoms with van der Waals surface area (Å²) in [5, 5.41) is 9.78. The second-order valence-electron chi connectivity index (χ2n) is 8.58. The average molecular weight is 419 g/mol. The summed E-state index contributed by atoms with van der Waals surface area (Å²) >= 11 is 1.52. The molecule has 2 aliphatic heterocycles. The molecule has 0 bridgehead atoms. The van der Waals surface area contributed by atoms with Gasteiger partial charge in [0.2, 0.25) is 5.91 Å². The molecule has 1 aromatic heterocycles. The standard InChI is InChI=1S/C21H30N4O3S/c1-12(2)8-15(19(26)22-9-13(3)4)25-10-16-17(20(25)27)18(14-6-7-29-11-14)23-21(28)24(16)5/h6-7,11-13,15,18H,8-10H2,1-5H3,(H,22,26)(H,23,28). The number of nitrogens with one attached hydrogen (secondary N) is 2. The Morgan fingerprint density at radius 2 is 2.00 bits per heavy atom. The molecule has 0 spiro atoms. The normalized spacial score (nSPS) is 20.4. The van der Waals surface area contributed by atoms with Gasteiger partial charge in [-0.15, -0.1) is 0 Å². The van der Waals surface area contributed by atoms with E-state index in [1.54, 1.807) is 11.9 Å². The highest BCUT2D eigenvalue weighted by molar-refractivity contribution is 7.08. The first kappa shape index (κ1) is 21.4. The fourth-order valence-electron chi connectivity index (χ4n) is 3.77. The van der Waals surface area contributed by atoms with Crippen molar-refractivity contribution in [3.05, 3.63) is 33.7 Å². The lowest BCUT2D eigenvalue weighted by molar-refractivity contribution is -0.137. The molecule has 2 aliphatic rings. The Kier molecular flexibility index (Phi) is 6.31. The van der Waals surface area contributed by atoms with Gasteiger partial charge in [0.1, 0.15) is 6.04 Å². The van der Waals surface area contributed by atoms with Gasteiger partial charge in [-0.3, -0.25) is 14.5 Å². The third-order valence-corrected chi connectivity index (χ3v) is 6.02. The van der Waals surface area contributed by atoms with Crippen molar-refractivity contribution >= 4 is 29.2 Å². The summed E-state index contributed by atoms with van der Waals surface area (Å²) in [6, 6.07) is 0.649. The van der Waals surface area contributed by atoms with Crippen LogP contribution in [-0.2, 0) is 9.59 Å². The van der Waals surface area contributed by atoms with Crippen molar-refractivity contribution in [3.63, 3.8) is 0 Å².